The summed E-state index contributed by atoms with van der Waals surface area (Å²) >= 11 is 0. The van der Waals surface area contributed by atoms with Gasteiger partial charge in [-0.25, -0.2) is 0 Å². The van der Waals surface area contributed by atoms with Crippen LogP contribution < -0.4 is 5.32 Å². The molecule has 1 saturated heterocycles. The molecule has 1 N–H and O–H groups in total. The van der Waals surface area contributed by atoms with Gasteiger partial charge in [-0.3, -0.25) is 9.59 Å². The van der Waals surface area contributed by atoms with Gasteiger partial charge in [0.1, 0.15) is 6.26 Å². The summed E-state index contributed by atoms with van der Waals surface area (Å²) in [6, 6.07) is 11.7. The SMILES string of the molecule is O=C(N[C@H]1CC(=O)N(CCCc2ccccc2)C1)c1ccoc1. The lowest BCUT2D eigenvalue weighted by Crippen LogP contribution is -2.37. The highest BCUT2D eigenvalue weighted by atomic mass is 16.3. The molecule has 120 valence electrons. The van der Waals surface area contributed by atoms with Gasteiger partial charge in [-0.05, 0) is 24.5 Å². The van der Waals surface area contributed by atoms with Crippen LogP contribution >= 0.6 is 0 Å². The highest BCUT2D eigenvalue weighted by Gasteiger charge is 2.30. The average Bonchev–Trinajstić information content (AvgIpc) is 3.19. The molecule has 2 heterocycles. The quantitative estimate of drug-likeness (QED) is 0.890. The summed E-state index contributed by atoms with van der Waals surface area (Å²) in [6.45, 7) is 1.31. The minimum atomic E-state index is -0.192. The molecule has 1 aromatic carbocycles. The minimum absolute atomic E-state index is 0.107. The molecule has 0 spiro atoms. The predicted octanol–water partition coefficient (Wildman–Crippen LogP) is 2.24. The van der Waals surface area contributed by atoms with Crippen molar-refractivity contribution in [1.82, 2.24) is 10.2 Å². The number of nitrogens with zero attached hydrogens (tertiary/aromatic N) is 1. The topological polar surface area (TPSA) is 62.6 Å². The van der Waals surface area contributed by atoms with Crippen LogP contribution in [0.2, 0.25) is 0 Å². The number of likely N-dealkylation sites (tertiary alicyclic amines) is 1. The third-order valence-corrected chi connectivity index (χ3v) is 4.07. The predicted molar refractivity (Wildman–Crippen MR) is 85.9 cm³/mol. The van der Waals surface area contributed by atoms with Crippen molar-refractivity contribution in [2.24, 2.45) is 0 Å². The van der Waals surface area contributed by atoms with E-state index in [0.29, 0.717) is 18.5 Å². The maximum absolute atomic E-state index is 12.1. The standard InChI is InChI=1S/C18H20N2O3/c21-17-11-16(19-18(22)15-8-10-23-13-15)12-20(17)9-4-7-14-5-2-1-3-6-14/h1-3,5-6,8,10,13,16H,4,7,9,11-12H2,(H,19,22)/t16-/m0/s1. The van der Waals surface area contributed by atoms with E-state index in [-0.39, 0.29) is 17.9 Å². The Bertz CT molecular complexity index is 652. The molecule has 3 rings (SSSR count). The van der Waals surface area contributed by atoms with E-state index in [1.54, 1.807) is 6.07 Å². The molecule has 2 aromatic rings. The van der Waals surface area contributed by atoms with Gasteiger partial charge in [0, 0.05) is 19.5 Å². The second-order valence-electron chi connectivity index (χ2n) is 5.82. The second-order valence-corrected chi connectivity index (χ2v) is 5.82. The summed E-state index contributed by atoms with van der Waals surface area (Å²) < 4.78 is 4.90. The Morgan fingerprint density at radius 2 is 2.09 bits per heavy atom. The van der Waals surface area contributed by atoms with Crippen LogP contribution in [-0.4, -0.2) is 35.8 Å². The molecule has 1 aliphatic heterocycles. The van der Waals surface area contributed by atoms with Gasteiger partial charge in [0.05, 0.1) is 17.9 Å². The summed E-state index contributed by atoms with van der Waals surface area (Å²) in [5, 5.41) is 2.89. The van der Waals surface area contributed by atoms with Crippen LogP contribution in [0.15, 0.2) is 53.3 Å². The Morgan fingerprint density at radius 3 is 2.83 bits per heavy atom. The Labute approximate surface area is 135 Å². The molecule has 1 fully saturated rings. The third kappa shape index (κ3) is 4.00. The zero-order chi connectivity index (χ0) is 16.1. The molecule has 1 aromatic heterocycles. The van der Waals surface area contributed by atoms with E-state index in [0.717, 1.165) is 19.4 Å². The maximum atomic E-state index is 12.1. The molecule has 5 heteroatoms. The summed E-state index contributed by atoms with van der Waals surface area (Å²) in [7, 11) is 0. The lowest BCUT2D eigenvalue weighted by atomic mass is 10.1. The van der Waals surface area contributed by atoms with E-state index in [2.05, 4.69) is 17.4 Å². The normalized spacial score (nSPS) is 17.5. The number of amides is 2. The van der Waals surface area contributed by atoms with Gasteiger partial charge in [-0.1, -0.05) is 30.3 Å². The molecule has 23 heavy (non-hydrogen) atoms. The lowest BCUT2D eigenvalue weighted by Gasteiger charge is -2.17. The second kappa shape index (κ2) is 7.13. The molecular formula is C18H20N2O3. The van der Waals surface area contributed by atoms with Crippen molar-refractivity contribution < 1.29 is 14.0 Å². The van der Waals surface area contributed by atoms with E-state index >= 15 is 0 Å². The van der Waals surface area contributed by atoms with Crippen LogP contribution in [0.1, 0.15) is 28.8 Å². The van der Waals surface area contributed by atoms with Gasteiger partial charge >= 0.3 is 0 Å². The highest BCUT2D eigenvalue weighted by molar-refractivity contribution is 5.94. The van der Waals surface area contributed by atoms with Crippen molar-refractivity contribution >= 4 is 11.8 Å². The van der Waals surface area contributed by atoms with Crippen molar-refractivity contribution in [3.63, 3.8) is 0 Å². The first kappa shape index (κ1) is 15.3. The van der Waals surface area contributed by atoms with Gasteiger partial charge < -0.3 is 14.6 Å². The molecule has 1 atom stereocenters. The third-order valence-electron chi connectivity index (χ3n) is 4.07. The first-order valence-electron chi connectivity index (χ1n) is 7.87. The number of carbonyl (C=O) groups excluding carboxylic acids is 2. The number of benzene rings is 1. The fraction of sp³-hybridized carbons (Fsp3) is 0.333. The number of nitrogens with one attached hydrogen (secondary N) is 1. The van der Waals surface area contributed by atoms with E-state index < -0.39 is 0 Å². The molecule has 0 radical (unpaired) electrons. The Hall–Kier alpha value is -2.56. The number of hydrogen-bond donors (Lipinski definition) is 1. The number of hydrogen-bond acceptors (Lipinski definition) is 3. The highest BCUT2D eigenvalue weighted by Crippen LogP contribution is 2.13. The van der Waals surface area contributed by atoms with Crippen LogP contribution in [0.25, 0.3) is 0 Å². The molecule has 2 amide bonds. The van der Waals surface area contributed by atoms with Gasteiger partial charge in [0.25, 0.3) is 5.91 Å². The van der Waals surface area contributed by atoms with Crippen LogP contribution in [0.3, 0.4) is 0 Å². The van der Waals surface area contributed by atoms with E-state index in [1.807, 2.05) is 23.1 Å². The van der Waals surface area contributed by atoms with Crippen molar-refractivity contribution in [2.45, 2.75) is 25.3 Å². The number of carbonyl (C=O) groups is 2. The number of furan rings is 1. The molecule has 0 bridgehead atoms. The smallest absolute Gasteiger partial charge is 0.254 e. The number of rotatable bonds is 6. The zero-order valence-electron chi connectivity index (χ0n) is 12.9. The zero-order valence-corrected chi connectivity index (χ0v) is 12.9. The fourth-order valence-electron chi connectivity index (χ4n) is 2.87. The van der Waals surface area contributed by atoms with Gasteiger partial charge in [0.2, 0.25) is 5.91 Å². The van der Waals surface area contributed by atoms with Crippen molar-refractivity contribution in [2.75, 3.05) is 13.1 Å². The summed E-state index contributed by atoms with van der Waals surface area (Å²) in [4.78, 5) is 25.9. The Morgan fingerprint density at radius 1 is 1.26 bits per heavy atom. The molecular weight excluding hydrogens is 292 g/mol. The lowest BCUT2D eigenvalue weighted by molar-refractivity contribution is -0.127. The van der Waals surface area contributed by atoms with E-state index in [4.69, 9.17) is 4.42 Å². The van der Waals surface area contributed by atoms with E-state index in [1.165, 1.54) is 18.1 Å². The van der Waals surface area contributed by atoms with Gasteiger partial charge in [-0.2, -0.15) is 0 Å². The maximum Gasteiger partial charge on any atom is 0.254 e. The van der Waals surface area contributed by atoms with Crippen LogP contribution in [0.4, 0.5) is 0 Å². The number of aryl methyl sites for hydroxylation is 1. The Kier molecular flexibility index (Phi) is 4.76. The molecule has 0 aliphatic carbocycles. The largest absolute Gasteiger partial charge is 0.472 e. The van der Waals surface area contributed by atoms with Gasteiger partial charge in [-0.15, -0.1) is 0 Å². The minimum Gasteiger partial charge on any atom is -0.472 e. The first-order chi connectivity index (χ1) is 11.2. The van der Waals surface area contributed by atoms with Crippen LogP contribution in [0.5, 0.6) is 0 Å². The van der Waals surface area contributed by atoms with Crippen molar-refractivity contribution in [3.8, 4) is 0 Å². The average molecular weight is 312 g/mol. The molecule has 1 aliphatic rings. The molecule has 5 nitrogen and oxygen atoms in total. The van der Waals surface area contributed by atoms with Gasteiger partial charge in [0.15, 0.2) is 0 Å². The van der Waals surface area contributed by atoms with E-state index in [9.17, 15) is 9.59 Å². The van der Waals surface area contributed by atoms with Crippen LogP contribution in [-0.2, 0) is 11.2 Å². The summed E-state index contributed by atoms with van der Waals surface area (Å²) in [5.74, 6) is -0.0850. The van der Waals surface area contributed by atoms with Crippen LogP contribution in [0, 0.1) is 0 Å². The fourth-order valence-corrected chi connectivity index (χ4v) is 2.87. The summed E-state index contributed by atoms with van der Waals surface area (Å²) in [6.07, 6.45) is 5.12. The summed E-state index contributed by atoms with van der Waals surface area (Å²) in [5.41, 5.74) is 1.77. The molecule has 0 saturated carbocycles. The van der Waals surface area contributed by atoms with Crippen molar-refractivity contribution in [3.05, 3.63) is 60.1 Å². The first-order valence-corrected chi connectivity index (χ1v) is 7.87. The Balaban J connectivity index is 1.45. The van der Waals surface area contributed by atoms with Crippen molar-refractivity contribution in [1.29, 1.82) is 0 Å². The molecule has 0 unspecified atom stereocenters. The monoisotopic (exact) mass is 312 g/mol.